The largest absolute Gasteiger partial charge is 0.490 e. The van der Waals surface area contributed by atoms with E-state index >= 15 is 0 Å². The second-order valence-corrected chi connectivity index (χ2v) is 6.14. The van der Waals surface area contributed by atoms with Gasteiger partial charge in [0.2, 0.25) is 0 Å². The minimum absolute atomic E-state index is 0.301. The van der Waals surface area contributed by atoms with Crippen LogP contribution in [0.15, 0.2) is 46.0 Å². The van der Waals surface area contributed by atoms with Crippen LogP contribution in [0, 0.1) is 0 Å². The number of urea groups is 1. The average Bonchev–Trinajstić information content (AvgIpc) is 2.55. The van der Waals surface area contributed by atoms with E-state index in [2.05, 4.69) is 26.5 Å². The Morgan fingerprint density at radius 3 is 2.80 bits per heavy atom. The Hall–Kier alpha value is -2.25. The van der Waals surface area contributed by atoms with Crippen molar-refractivity contribution in [3.63, 3.8) is 0 Å². The number of benzene rings is 2. The Balaban J connectivity index is 2.23. The van der Waals surface area contributed by atoms with Gasteiger partial charge in [-0.05, 0) is 46.6 Å². The fourth-order valence-electron chi connectivity index (χ4n) is 2.00. The molecule has 2 amide bonds. The molecule has 6 nitrogen and oxygen atoms in total. The topological polar surface area (TPSA) is 85.9 Å². The van der Waals surface area contributed by atoms with Crippen LogP contribution in [-0.4, -0.2) is 18.9 Å². The molecule has 0 saturated heterocycles. The molecule has 0 saturated carbocycles. The van der Waals surface area contributed by atoms with Gasteiger partial charge in [-0.1, -0.05) is 29.8 Å². The summed E-state index contributed by atoms with van der Waals surface area (Å²) >= 11 is 9.62. The lowest BCUT2D eigenvalue weighted by Crippen LogP contribution is -2.24. The molecule has 2 aromatic rings. The van der Waals surface area contributed by atoms with E-state index in [1.165, 1.54) is 6.21 Å². The average molecular weight is 427 g/mol. The highest BCUT2D eigenvalue weighted by atomic mass is 79.9. The Morgan fingerprint density at radius 1 is 1.36 bits per heavy atom. The maximum atomic E-state index is 10.7. The summed E-state index contributed by atoms with van der Waals surface area (Å²) < 4.78 is 12.2. The highest BCUT2D eigenvalue weighted by molar-refractivity contribution is 9.10. The van der Waals surface area contributed by atoms with Gasteiger partial charge in [0.1, 0.15) is 6.61 Å². The lowest BCUT2D eigenvalue weighted by molar-refractivity contribution is 0.249. The van der Waals surface area contributed by atoms with Gasteiger partial charge in [0, 0.05) is 10.6 Å². The van der Waals surface area contributed by atoms with Crippen LogP contribution in [0.25, 0.3) is 0 Å². The summed E-state index contributed by atoms with van der Waals surface area (Å²) in [4.78, 5) is 10.7. The smallest absolute Gasteiger partial charge is 0.332 e. The van der Waals surface area contributed by atoms with Crippen molar-refractivity contribution in [1.82, 2.24) is 5.43 Å². The van der Waals surface area contributed by atoms with Crippen LogP contribution < -0.4 is 20.6 Å². The van der Waals surface area contributed by atoms with Gasteiger partial charge in [-0.15, -0.1) is 0 Å². The highest BCUT2D eigenvalue weighted by Crippen LogP contribution is 2.37. The number of amides is 2. The number of nitrogens with one attached hydrogen (secondary N) is 1. The molecular formula is C17H17BrClN3O3. The van der Waals surface area contributed by atoms with Crippen LogP contribution in [0.1, 0.15) is 18.1 Å². The summed E-state index contributed by atoms with van der Waals surface area (Å²) in [5.41, 5.74) is 8.68. The Bertz CT molecular complexity index is 784. The van der Waals surface area contributed by atoms with E-state index in [1.807, 2.05) is 31.2 Å². The quantitative estimate of drug-likeness (QED) is 0.516. The van der Waals surface area contributed by atoms with Gasteiger partial charge in [-0.25, -0.2) is 10.2 Å². The first-order valence-corrected chi connectivity index (χ1v) is 8.59. The van der Waals surface area contributed by atoms with Gasteiger partial charge >= 0.3 is 6.03 Å². The van der Waals surface area contributed by atoms with Crippen LogP contribution in [0.3, 0.4) is 0 Å². The molecule has 0 aliphatic heterocycles. The normalized spacial score (nSPS) is 10.7. The predicted molar refractivity (Wildman–Crippen MR) is 101 cm³/mol. The standard InChI is InChI=1S/C17H17BrClN3O3/c1-2-24-15-8-11(9-21-22-17(20)23)7-13(18)16(15)25-10-12-5-3-4-6-14(12)19/h3-9H,2,10H2,1H3,(H3,20,22,23). The number of carbonyl (C=O) groups is 1. The molecule has 0 fully saturated rings. The fourth-order valence-corrected chi connectivity index (χ4v) is 2.77. The summed E-state index contributed by atoms with van der Waals surface area (Å²) in [6.45, 7) is 2.64. The van der Waals surface area contributed by atoms with E-state index in [9.17, 15) is 4.79 Å². The summed E-state index contributed by atoms with van der Waals surface area (Å²) in [6, 6.07) is 10.3. The Labute approximate surface area is 159 Å². The van der Waals surface area contributed by atoms with Crippen LogP contribution in [0.2, 0.25) is 5.02 Å². The van der Waals surface area contributed by atoms with Crippen LogP contribution >= 0.6 is 27.5 Å². The Morgan fingerprint density at radius 2 is 2.12 bits per heavy atom. The number of rotatable bonds is 7. The second kappa shape index (κ2) is 9.29. The first-order chi connectivity index (χ1) is 12.0. The number of ether oxygens (including phenoxy) is 2. The van der Waals surface area contributed by atoms with Crippen molar-refractivity contribution in [3.8, 4) is 11.5 Å². The van der Waals surface area contributed by atoms with Crippen molar-refractivity contribution in [2.24, 2.45) is 10.8 Å². The summed E-state index contributed by atoms with van der Waals surface area (Å²) in [6.07, 6.45) is 1.45. The van der Waals surface area contributed by atoms with Crippen LogP contribution in [0.5, 0.6) is 11.5 Å². The van der Waals surface area contributed by atoms with Gasteiger partial charge in [0.25, 0.3) is 0 Å². The zero-order chi connectivity index (χ0) is 18.2. The molecule has 25 heavy (non-hydrogen) atoms. The third-order valence-corrected chi connectivity index (χ3v) is 4.01. The molecule has 0 radical (unpaired) electrons. The van der Waals surface area contributed by atoms with Gasteiger partial charge in [0.15, 0.2) is 11.5 Å². The zero-order valence-electron chi connectivity index (χ0n) is 13.5. The molecule has 0 aromatic heterocycles. The van der Waals surface area contributed by atoms with Gasteiger partial charge in [-0.2, -0.15) is 5.10 Å². The first-order valence-electron chi connectivity index (χ1n) is 7.42. The lowest BCUT2D eigenvalue weighted by atomic mass is 10.2. The molecule has 0 bridgehead atoms. The van der Waals surface area contributed by atoms with E-state index < -0.39 is 6.03 Å². The molecule has 132 valence electrons. The molecule has 2 aromatic carbocycles. The van der Waals surface area contributed by atoms with E-state index in [0.29, 0.717) is 39.8 Å². The third kappa shape index (κ3) is 5.65. The number of nitrogens with two attached hydrogens (primary N) is 1. The van der Waals surface area contributed by atoms with Crippen molar-refractivity contribution in [2.45, 2.75) is 13.5 Å². The maximum Gasteiger partial charge on any atom is 0.332 e. The van der Waals surface area contributed by atoms with E-state index in [-0.39, 0.29) is 0 Å². The molecule has 0 aliphatic carbocycles. The fraction of sp³-hybridized carbons (Fsp3) is 0.176. The van der Waals surface area contributed by atoms with Crippen molar-refractivity contribution < 1.29 is 14.3 Å². The predicted octanol–water partition coefficient (Wildman–Crippen LogP) is 4.08. The van der Waals surface area contributed by atoms with Crippen molar-refractivity contribution in [3.05, 3.63) is 57.0 Å². The molecule has 0 atom stereocenters. The number of hydrazone groups is 1. The van der Waals surface area contributed by atoms with Gasteiger partial charge in [0.05, 0.1) is 17.3 Å². The number of primary amides is 1. The highest BCUT2D eigenvalue weighted by Gasteiger charge is 2.13. The van der Waals surface area contributed by atoms with Crippen molar-refractivity contribution >= 4 is 39.8 Å². The molecule has 0 heterocycles. The van der Waals surface area contributed by atoms with E-state index in [4.69, 9.17) is 26.8 Å². The van der Waals surface area contributed by atoms with Crippen LogP contribution in [0.4, 0.5) is 4.79 Å². The van der Waals surface area contributed by atoms with Crippen LogP contribution in [-0.2, 0) is 6.61 Å². The SMILES string of the molecule is CCOc1cc(C=NNC(N)=O)cc(Br)c1OCc1ccccc1Cl. The van der Waals surface area contributed by atoms with Crippen molar-refractivity contribution in [1.29, 1.82) is 0 Å². The number of halogens is 2. The Kier molecular flexibility index (Phi) is 7.09. The van der Waals surface area contributed by atoms with Crippen molar-refractivity contribution in [2.75, 3.05) is 6.61 Å². The molecule has 0 aliphatic rings. The number of hydrogen-bond donors (Lipinski definition) is 2. The van der Waals surface area contributed by atoms with Gasteiger partial charge in [-0.3, -0.25) is 0 Å². The molecule has 0 unspecified atom stereocenters. The summed E-state index contributed by atoms with van der Waals surface area (Å²) in [7, 11) is 0. The molecular weight excluding hydrogens is 410 g/mol. The minimum Gasteiger partial charge on any atom is -0.490 e. The molecule has 8 heteroatoms. The lowest BCUT2D eigenvalue weighted by Gasteiger charge is -2.15. The summed E-state index contributed by atoms with van der Waals surface area (Å²) in [5.74, 6) is 1.10. The third-order valence-electron chi connectivity index (χ3n) is 3.05. The number of carbonyl (C=O) groups excluding carboxylic acids is 1. The monoisotopic (exact) mass is 425 g/mol. The maximum absolute atomic E-state index is 10.7. The van der Waals surface area contributed by atoms with E-state index in [0.717, 1.165) is 5.56 Å². The minimum atomic E-state index is -0.736. The first kappa shape index (κ1) is 19.1. The zero-order valence-corrected chi connectivity index (χ0v) is 15.8. The number of hydrogen-bond acceptors (Lipinski definition) is 4. The molecule has 2 rings (SSSR count). The number of nitrogens with zero attached hydrogens (tertiary/aromatic N) is 1. The van der Waals surface area contributed by atoms with E-state index in [1.54, 1.807) is 12.1 Å². The van der Waals surface area contributed by atoms with Gasteiger partial charge < -0.3 is 15.2 Å². The second-order valence-electron chi connectivity index (χ2n) is 4.88. The molecule has 0 spiro atoms. The molecule has 3 N–H and O–H groups in total. The summed E-state index contributed by atoms with van der Waals surface area (Å²) in [5, 5.41) is 4.37.